The summed E-state index contributed by atoms with van der Waals surface area (Å²) in [6, 6.07) is 3.39. The lowest BCUT2D eigenvalue weighted by Gasteiger charge is -2.06. The van der Waals surface area contributed by atoms with Crippen LogP contribution in [0.2, 0.25) is 5.15 Å². The molecule has 0 bridgehead atoms. The minimum absolute atomic E-state index is 0.151. The van der Waals surface area contributed by atoms with E-state index in [0.29, 0.717) is 18.7 Å². The molecule has 22 heavy (non-hydrogen) atoms. The van der Waals surface area contributed by atoms with Crippen molar-refractivity contribution in [2.75, 3.05) is 13.2 Å². The Hall–Kier alpha value is -1.13. The van der Waals surface area contributed by atoms with Gasteiger partial charge in [0.1, 0.15) is 5.15 Å². The van der Waals surface area contributed by atoms with Crippen LogP contribution in [0.4, 0.5) is 0 Å². The molecular weight excluding hydrogens is 300 g/mol. The summed E-state index contributed by atoms with van der Waals surface area (Å²) >= 11 is 5.88. The summed E-state index contributed by atoms with van der Waals surface area (Å²) in [7, 11) is 0. The predicted octanol–water partition coefficient (Wildman–Crippen LogP) is 3.97. The van der Waals surface area contributed by atoms with Gasteiger partial charge in [0.05, 0.1) is 5.56 Å². The van der Waals surface area contributed by atoms with E-state index in [0.717, 1.165) is 25.7 Å². The predicted molar refractivity (Wildman–Crippen MR) is 90.2 cm³/mol. The van der Waals surface area contributed by atoms with Crippen molar-refractivity contribution in [3.8, 4) is 0 Å². The van der Waals surface area contributed by atoms with E-state index in [1.165, 1.54) is 32.1 Å². The second-order valence-corrected chi connectivity index (χ2v) is 5.86. The molecule has 0 aliphatic rings. The third-order valence-corrected chi connectivity index (χ3v) is 3.93. The van der Waals surface area contributed by atoms with Crippen molar-refractivity contribution in [1.29, 1.82) is 0 Å². The van der Waals surface area contributed by atoms with Gasteiger partial charge in [-0.2, -0.15) is 0 Å². The fourth-order valence-corrected chi connectivity index (χ4v) is 2.53. The van der Waals surface area contributed by atoms with Crippen LogP contribution in [0.1, 0.15) is 68.1 Å². The number of carbonyl (C=O) groups excluding carboxylic acids is 1. The fraction of sp³-hybridized carbons (Fsp3) is 0.647. The van der Waals surface area contributed by atoms with E-state index in [2.05, 4.69) is 10.3 Å². The Kier molecular flexibility index (Phi) is 10.7. The number of pyridine rings is 1. The number of hydrogen-bond donors (Lipinski definition) is 2. The van der Waals surface area contributed by atoms with Gasteiger partial charge in [0.25, 0.3) is 5.91 Å². The van der Waals surface area contributed by atoms with Crippen LogP contribution in [0.15, 0.2) is 18.3 Å². The maximum absolute atomic E-state index is 11.9. The summed E-state index contributed by atoms with van der Waals surface area (Å²) in [6.45, 7) is 0.997. The van der Waals surface area contributed by atoms with Crippen LogP contribution in [0.3, 0.4) is 0 Å². The van der Waals surface area contributed by atoms with Gasteiger partial charge >= 0.3 is 0 Å². The van der Waals surface area contributed by atoms with Crippen molar-refractivity contribution < 1.29 is 9.90 Å². The number of aliphatic hydroxyl groups is 1. The molecule has 0 fully saturated rings. The van der Waals surface area contributed by atoms with Crippen molar-refractivity contribution in [3.05, 3.63) is 29.0 Å². The molecule has 1 heterocycles. The second-order valence-electron chi connectivity index (χ2n) is 5.50. The normalized spacial score (nSPS) is 10.6. The summed E-state index contributed by atoms with van der Waals surface area (Å²) in [5, 5.41) is 11.8. The molecule has 124 valence electrons. The van der Waals surface area contributed by atoms with Crippen LogP contribution in [0, 0.1) is 0 Å². The van der Waals surface area contributed by atoms with Crippen LogP contribution in [-0.2, 0) is 0 Å². The Morgan fingerprint density at radius 3 is 2.23 bits per heavy atom. The quantitative estimate of drug-likeness (QED) is 0.451. The van der Waals surface area contributed by atoms with Crippen molar-refractivity contribution in [2.45, 2.75) is 57.8 Å². The lowest BCUT2D eigenvalue weighted by atomic mass is 10.1. The Morgan fingerprint density at radius 2 is 1.64 bits per heavy atom. The molecule has 0 saturated carbocycles. The van der Waals surface area contributed by atoms with Gasteiger partial charge in [-0.25, -0.2) is 4.98 Å². The zero-order valence-electron chi connectivity index (χ0n) is 13.2. The molecule has 1 amide bonds. The molecule has 0 aliphatic heterocycles. The average molecular weight is 327 g/mol. The summed E-state index contributed by atoms with van der Waals surface area (Å²) < 4.78 is 0. The number of aliphatic hydroxyl groups excluding tert-OH is 1. The number of carbonyl (C=O) groups is 1. The third-order valence-electron chi connectivity index (χ3n) is 3.62. The van der Waals surface area contributed by atoms with E-state index >= 15 is 0 Å². The molecule has 0 atom stereocenters. The third kappa shape index (κ3) is 8.35. The first-order valence-electron chi connectivity index (χ1n) is 8.25. The second kappa shape index (κ2) is 12.4. The van der Waals surface area contributed by atoms with Crippen molar-refractivity contribution in [2.24, 2.45) is 0 Å². The standard InChI is InChI=1S/C17H27ClN2O2/c18-16-15(11-10-13-19-16)17(22)20-12-8-6-4-2-1-3-5-7-9-14-21/h10-11,13,21H,1-9,12,14H2,(H,20,22). The number of amides is 1. The number of halogens is 1. The average Bonchev–Trinajstić information content (AvgIpc) is 2.53. The molecule has 0 unspecified atom stereocenters. The van der Waals surface area contributed by atoms with Gasteiger partial charge in [0.2, 0.25) is 0 Å². The van der Waals surface area contributed by atoms with E-state index < -0.39 is 0 Å². The maximum Gasteiger partial charge on any atom is 0.254 e. The van der Waals surface area contributed by atoms with Crippen molar-refractivity contribution in [1.82, 2.24) is 10.3 Å². The first-order chi connectivity index (χ1) is 10.8. The smallest absolute Gasteiger partial charge is 0.254 e. The first-order valence-corrected chi connectivity index (χ1v) is 8.63. The maximum atomic E-state index is 11.9. The van der Waals surface area contributed by atoms with Crippen LogP contribution < -0.4 is 5.32 Å². The fourth-order valence-electron chi connectivity index (χ4n) is 2.33. The minimum Gasteiger partial charge on any atom is -0.396 e. The summed E-state index contributed by atoms with van der Waals surface area (Å²) in [4.78, 5) is 15.8. The highest BCUT2D eigenvalue weighted by molar-refractivity contribution is 6.32. The summed E-state index contributed by atoms with van der Waals surface area (Å²) in [5.41, 5.74) is 0.437. The van der Waals surface area contributed by atoms with Crippen molar-refractivity contribution in [3.63, 3.8) is 0 Å². The lowest BCUT2D eigenvalue weighted by molar-refractivity contribution is 0.0952. The number of unbranched alkanes of at least 4 members (excludes halogenated alkanes) is 8. The number of aromatic nitrogens is 1. The van der Waals surface area contributed by atoms with Crippen LogP contribution in [0.5, 0.6) is 0 Å². The molecular formula is C17H27ClN2O2. The number of hydrogen-bond acceptors (Lipinski definition) is 3. The molecule has 1 aromatic heterocycles. The molecule has 1 rings (SSSR count). The van der Waals surface area contributed by atoms with Crippen molar-refractivity contribution >= 4 is 17.5 Å². The van der Waals surface area contributed by atoms with Gasteiger partial charge in [-0.05, 0) is 25.0 Å². The lowest BCUT2D eigenvalue weighted by Crippen LogP contribution is -2.24. The first kappa shape index (κ1) is 18.9. The minimum atomic E-state index is -0.151. The molecule has 1 aromatic rings. The summed E-state index contributed by atoms with van der Waals surface area (Å²) in [5.74, 6) is -0.151. The van der Waals surface area contributed by atoms with Gasteiger partial charge < -0.3 is 10.4 Å². The molecule has 0 aliphatic carbocycles. The van der Waals surface area contributed by atoms with E-state index in [-0.39, 0.29) is 11.1 Å². The largest absolute Gasteiger partial charge is 0.396 e. The highest BCUT2D eigenvalue weighted by Crippen LogP contribution is 2.11. The number of rotatable bonds is 12. The van der Waals surface area contributed by atoms with E-state index in [4.69, 9.17) is 16.7 Å². The number of nitrogens with zero attached hydrogens (tertiary/aromatic N) is 1. The molecule has 5 heteroatoms. The van der Waals surface area contributed by atoms with Gasteiger partial charge in [-0.1, -0.05) is 56.5 Å². The Bertz CT molecular complexity index is 427. The number of nitrogens with one attached hydrogen (secondary N) is 1. The summed E-state index contributed by atoms with van der Waals surface area (Å²) in [6.07, 6.45) is 12.0. The Labute approximate surface area is 138 Å². The van der Waals surface area contributed by atoms with Gasteiger partial charge in [0, 0.05) is 19.3 Å². The van der Waals surface area contributed by atoms with E-state index in [9.17, 15) is 4.79 Å². The zero-order valence-corrected chi connectivity index (χ0v) is 13.9. The molecule has 4 nitrogen and oxygen atoms in total. The highest BCUT2D eigenvalue weighted by Gasteiger charge is 2.09. The van der Waals surface area contributed by atoms with Gasteiger partial charge in [0.15, 0.2) is 0 Å². The van der Waals surface area contributed by atoms with Gasteiger partial charge in [-0.3, -0.25) is 4.79 Å². The van der Waals surface area contributed by atoms with E-state index in [1.54, 1.807) is 18.3 Å². The Morgan fingerprint density at radius 1 is 1.05 bits per heavy atom. The van der Waals surface area contributed by atoms with Gasteiger partial charge in [-0.15, -0.1) is 0 Å². The molecule has 0 aromatic carbocycles. The topological polar surface area (TPSA) is 62.2 Å². The Balaban J connectivity index is 1.95. The van der Waals surface area contributed by atoms with E-state index in [1.807, 2.05) is 0 Å². The zero-order chi connectivity index (χ0) is 16.0. The molecule has 0 radical (unpaired) electrons. The van der Waals surface area contributed by atoms with Crippen LogP contribution in [-0.4, -0.2) is 29.1 Å². The van der Waals surface area contributed by atoms with Crippen LogP contribution in [0.25, 0.3) is 0 Å². The molecule has 2 N–H and O–H groups in total. The van der Waals surface area contributed by atoms with Crippen LogP contribution >= 0.6 is 11.6 Å². The molecule has 0 saturated heterocycles. The highest BCUT2D eigenvalue weighted by atomic mass is 35.5. The monoisotopic (exact) mass is 326 g/mol. The SMILES string of the molecule is O=C(NCCCCCCCCCCCO)c1cccnc1Cl. The molecule has 0 spiro atoms.